The van der Waals surface area contributed by atoms with Gasteiger partial charge in [-0.05, 0) is 37.2 Å². The van der Waals surface area contributed by atoms with Crippen LogP contribution in [0.1, 0.15) is 50.7 Å². The van der Waals surface area contributed by atoms with Gasteiger partial charge in [0.05, 0.1) is 5.92 Å². The summed E-state index contributed by atoms with van der Waals surface area (Å²) in [7, 11) is 0. The predicted molar refractivity (Wildman–Crippen MR) is 104 cm³/mol. The second kappa shape index (κ2) is 8.24. The van der Waals surface area contributed by atoms with E-state index in [2.05, 4.69) is 50.4 Å². The molecule has 4 atom stereocenters. The molecule has 4 nitrogen and oxygen atoms in total. The second-order valence-corrected chi connectivity index (χ2v) is 8.36. The van der Waals surface area contributed by atoms with Crippen molar-refractivity contribution in [1.29, 1.82) is 0 Å². The number of aryl methyl sites for hydroxylation is 1. The highest BCUT2D eigenvalue weighted by molar-refractivity contribution is 5.89. The molecule has 2 aliphatic rings. The summed E-state index contributed by atoms with van der Waals surface area (Å²) >= 11 is 0. The lowest BCUT2D eigenvalue weighted by Gasteiger charge is -2.35. The third-order valence-electron chi connectivity index (χ3n) is 6.41. The van der Waals surface area contributed by atoms with Gasteiger partial charge in [-0.3, -0.25) is 9.59 Å². The van der Waals surface area contributed by atoms with E-state index < -0.39 is 0 Å². The van der Waals surface area contributed by atoms with Crippen molar-refractivity contribution in [1.82, 2.24) is 10.2 Å². The Kier molecular flexibility index (Phi) is 6.00. The van der Waals surface area contributed by atoms with Gasteiger partial charge in [0.1, 0.15) is 0 Å². The van der Waals surface area contributed by atoms with Crippen molar-refractivity contribution in [2.75, 3.05) is 13.1 Å². The van der Waals surface area contributed by atoms with Crippen LogP contribution in [0.25, 0.3) is 0 Å². The number of nitrogens with one attached hydrogen (secondary N) is 1. The van der Waals surface area contributed by atoms with Gasteiger partial charge in [0.25, 0.3) is 0 Å². The zero-order valence-corrected chi connectivity index (χ0v) is 16.3. The van der Waals surface area contributed by atoms with Gasteiger partial charge >= 0.3 is 0 Å². The van der Waals surface area contributed by atoms with Gasteiger partial charge in [-0.15, -0.1) is 0 Å². The fourth-order valence-electron chi connectivity index (χ4n) is 4.27. The van der Waals surface area contributed by atoms with Gasteiger partial charge in [-0.1, -0.05) is 56.5 Å². The van der Waals surface area contributed by atoms with E-state index in [1.165, 1.54) is 24.0 Å². The van der Waals surface area contributed by atoms with Crippen LogP contribution in [0.4, 0.5) is 0 Å². The van der Waals surface area contributed by atoms with Crippen LogP contribution in [0.15, 0.2) is 24.3 Å². The quantitative estimate of drug-likeness (QED) is 0.880. The number of amides is 2. The Balaban J connectivity index is 1.50. The molecule has 1 aliphatic heterocycles. The number of hydrogen-bond donors (Lipinski definition) is 1. The largest absolute Gasteiger partial charge is 0.353 e. The van der Waals surface area contributed by atoms with E-state index in [0.717, 1.165) is 12.8 Å². The number of hydrogen-bond acceptors (Lipinski definition) is 2. The molecule has 0 bridgehead atoms. The maximum Gasteiger partial charge on any atom is 0.225 e. The van der Waals surface area contributed by atoms with Gasteiger partial charge in [0.15, 0.2) is 0 Å². The molecule has 1 saturated heterocycles. The Morgan fingerprint density at radius 2 is 1.92 bits per heavy atom. The second-order valence-electron chi connectivity index (χ2n) is 8.36. The molecule has 142 valence electrons. The zero-order chi connectivity index (χ0) is 18.7. The maximum absolute atomic E-state index is 12.7. The molecule has 1 heterocycles. The molecule has 1 saturated carbocycles. The summed E-state index contributed by atoms with van der Waals surface area (Å²) in [5, 5.41) is 3.24. The molecule has 2 fully saturated rings. The summed E-state index contributed by atoms with van der Waals surface area (Å²) in [5.41, 5.74) is 2.48. The summed E-state index contributed by atoms with van der Waals surface area (Å²) in [5.74, 6) is 1.17. The van der Waals surface area contributed by atoms with Crippen molar-refractivity contribution in [3.05, 3.63) is 35.4 Å². The molecule has 2 amide bonds. The van der Waals surface area contributed by atoms with E-state index in [4.69, 9.17) is 0 Å². The molecule has 0 radical (unpaired) electrons. The Labute approximate surface area is 157 Å². The van der Waals surface area contributed by atoms with Crippen LogP contribution in [-0.4, -0.2) is 35.8 Å². The lowest BCUT2D eigenvalue weighted by Crippen LogP contribution is -2.46. The van der Waals surface area contributed by atoms with Crippen LogP contribution < -0.4 is 5.32 Å². The summed E-state index contributed by atoms with van der Waals surface area (Å²) < 4.78 is 0. The van der Waals surface area contributed by atoms with Crippen molar-refractivity contribution in [2.24, 2.45) is 17.8 Å². The van der Waals surface area contributed by atoms with Crippen molar-refractivity contribution < 1.29 is 9.59 Å². The van der Waals surface area contributed by atoms with Gasteiger partial charge in [-0.25, -0.2) is 0 Å². The van der Waals surface area contributed by atoms with Gasteiger partial charge in [0, 0.05) is 25.6 Å². The Hall–Kier alpha value is -1.84. The average Bonchev–Trinajstić information content (AvgIpc) is 2.99. The Bertz CT molecular complexity index is 640. The molecule has 0 unspecified atom stereocenters. The summed E-state index contributed by atoms with van der Waals surface area (Å²) in [4.78, 5) is 26.9. The van der Waals surface area contributed by atoms with Crippen molar-refractivity contribution in [3.8, 4) is 0 Å². The topological polar surface area (TPSA) is 49.4 Å². The van der Waals surface area contributed by atoms with E-state index in [0.29, 0.717) is 31.3 Å². The van der Waals surface area contributed by atoms with Crippen molar-refractivity contribution >= 4 is 11.8 Å². The fraction of sp³-hybridized carbons (Fsp3) is 0.636. The lowest BCUT2D eigenvalue weighted by atomic mass is 9.78. The number of likely N-dealkylation sites (tertiary alicyclic amines) is 1. The number of rotatable bonds is 5. The van der Waals surface area contributed by atoms with Crippen molar-refractivity contribution in [3.63, 3.8) is 0 Å². The van der Waals surface area contributed by atoms with E-state index in [9.17, 15) is 9.59 Å². The van der Waals surface area contributed by atoms with Crippen LogP contribution in [0.2, 0.25) is 0 Å². The molecule has 1 aliphatic carbocycles. The molecule has 0 spiro atoms. The third kappa shape index (κ3) is 4.46. The zero-order valence-electron chi connectivity index (χ0n) is 16.3. The molecular formula is C22H32N2O2. The molecule has 3 rings (SSSR count). The minimum Gasteiger partial charge on any atom is -0.353 e. The normalized spacial score (nSPS) is 29.0. The number of carbonyl (C=O) groups excluding carboxylic acids is 2. The first kappa shape index (κ1) is 18.9. The van der Waals surface area contributed by atoms with Gasteiger partial charge in [-0.2, -0.15) is 0 Å². The monoisotopic (exact) mass is 356 g/mol. The molecular weight excluding hydrogens is 324 g/mol. The molecule has 0 aromatic heterocycles. The average molecular weight is 357 g/mol. The minimum absolute atomic E-state index is 0.0714. The van der Waals surface area contributed by atoms with E-state index in [-0.39, 0.29) is 23.8 Å². The first-order valence-corrected chi connectivity index (χ1v) is 10.1. The van der Waals surface area contributed by atoms with Crippen molar-refractivity contribution in [2.45, 2.75) is 58.9 Å². The summed E-state index contributed by atoms with van der Waals surface area (Å²) in [6.45, 7) is 7.85. The van der Waals surface area contributed by atoms with Crippen LogP contribution in [0.3, 0.4) is 0 Å². The van der Waals surface area contributed by atoms with E-state index in [1.807, 2.05) is 4.90 Å². The number of nitrogens with zero attached hydrogens (tertiary/aromatic N) is 1. The highest BCUT2D eigenvalue weighted by Crippen LogP contribution is 2.30. The lowest BCUT2D eigenvalue weighted by molar-refractivity contribution is -0.129. The molecule has 1 aromatic carbocycles. The van der Waals surface area contributed by atoms with E-state index in [1.54, 1.807) is 0 Å². The number of benzene rings is 1. The summed E-state index contributed by atoms with van der Waals surface area (Å²) in [6.07, 6.45) is 4.70. The maximum atomic E-state index is 12.7. The standard InChI is InChI=1S/C22H32N2O2/c1-15-7-9-18(10-8-15)11-12-24-14-19(13-21(24)25)22(26)23-20-6-4-5-16(2)17(20)3/h7-10,16-17,19-20H,4-6,11-14H2,1-3H3,(H,23,26)/t16-,17-,19+,20+/m0/s1. The van der Waals surface area contributed by atoms with Crippen LogP contribution in [0.5, 0.6) is 0 Å². The molecule has 26 heavy (non-hydrogen) atoms. The Morgan fingerprint density at radius 1 is 1.19 bits per heavy atom. The van der Waals surface area contributed by atoms with Gasteiger partial charge < -0.3 is 10.2 Å². The number of carbonyl (C=O) groups is 2. The third-order valence-corrected chi connectivity index (χ3v) is 6.41. The van der Waals surface area contributed by atoms with Crippen LogP contribution in [0, 0.1) is 24.7 Å². The highest BCUT2D eigenvalue weighted by Gasteiger charge is 2.36. The summed E-state index contributed by atoms with van der Waals surface area (Å²) in [6, 6.07) is 8.70. The first-order valence-electron chi connectivity index (χ1n) is 10.1. The minimum atomic E-state index is -0.190. The fourth-order valence-corrected chi connectivity index (χ4v) is 4.27. The predicted octanol–water partition coefficient (Wildman–Crippen LogP) is 3.33. The van der Waals surface area contributed by atoms with Gasteiger partial charge in [0.2, 0.25) is 11.8 Å². The first-order chi connectivity index (χ1) is 12.4. The highest BCUT2D eigenvalue weighted by atomic mass is 16.2. The molecule has 1 aromatic rings. The van der Waals surface area contributed by atoms with Crippen LogP contribution >= 0.6 is 0 Å². The van der Waals surface area contributed by atoms with E-state index >= 15 is 0 Å². The molecule has 4 heteroatoms. The smallest absolute Gasteiger partial charge is 0.225 e. The SMILES string of the molecule is Cc1ccc(CCN2C[C@H](C(=O)N[C@@H]3CCC[C@H](C)[C@@H]3C)CC2=O)cc1. The molecule has 1 N–H and O–H groups in total. The Morgan fingerprint density at radius 3 is 2.65 bits per heavy atom. The van der Waals surface area contributed by atoms with Crippen LogP contribution in [-0.2, 0) is 16.0 Å².